The highest BCUT2D eigenvalue weighted by atomic mass is 16.6. The predicted molar refractivity (Wildman–Crippen MR) is 398 cm³/mol. The largest absolute Gasteiger partial charge is 0.462 e. The molecule has 0 spiro atoms. The van der Waals surface area contributed by atoms with Gasteiger partial charge in [-0.25, -0.2) is 0 Å². The van der Waals surface area contributed by atoms with Crippen molar-refractivity contribution in [2.45, 2.75) is 380 Å². The van der Waals surface area contributed by atoms with Gasteiger partial charge in [-0.3, -0.25) is 9.59 Å². The number of esters is 2. The molecule has 0 amide bonds. The van der Waals surface area contributed by atoms with E-state index in [-0.39, 0.29) is 25.2 Å². The maximum absolute atomic E-state index is 12.4. The van der Waals surface area contributed by atoms with Crippen molar-refractivity contribution in [3.05, 3.63) is 134 Å². The first kappa shape index (κ1) is 86.0. The quantitative estimate of drug-likeness (QED) is 0.0373. The topological polar surface area (TPSA) is 72.8 Å². The van der Waals surface area contributed by atoms with Crippen LogP contribution in [0.4, 0.5) is 0 Å². The van der Waals surface area contributed by atoms with Gasteiger partial charge in [0.2, 0.25) is 0 Å². The van der Waals surface area contributed by atoms with Gasteiger partial charge in [-0.2, -0.15) is 0 Å². The molecule has 0 heterocycles. The maximum Gasteiger partial charge on any atom is 0.306 e. The van der Waals surface area contributed by atoms with E-state index in [9.17, 15) is 14.7 Å². The smallest absolute Gasteiger partial charge is 0.306 e. The van der Waals surface area contributed by atoms with Gasteiger partial charge in [-0.1, -0.05) is 398 Å². The zero-order valence-electron chi connectivity index (χ0n) is 59.4. The van der Waals surface area contributed by atoms with Crippen molar-refractivity contribution in [2.75, 3.05) is 13.2 Å². The van der Waals surface area contributed by atoms with Gasteiger partial charge in [0.05, 0.1) is 6.61 Å². The molecule has 0 aliphatic carbocycles. The van der Waals surface area contributed by atoms with Gasteiger partial charge in [0, 0.05) is 12.8 Å². The zero-order chi connectivity index (χ0) is 64.7. The molecule has 5 heteroatoms. The standard InChI is InChI=1S/C85H146O5/c1-3-5-7-9-11-13-15-17-19-21-23-25-27-29-31-33-35-37-39-41-42-44-45-47-49-51-53-55-57-59-61-63-65-67-69-71-73-75-77-79-84(87)89-82-83(81-86)90-85(88)80-78-76-74-72-70-68-66-64-62-60-58-56-54-52-50-48-46-43-40-38-36-34-32-30-28-26-24-22-20-18-16-14-12-10-8-6-4-2/h6,8,12,14,18,20,24,26,30,32,36,38,43,46,50,52,56,58,62,64,68,70,83,86H,3-5,7,9-11,13,15-17,19,21-23,25,27-29,31,33-35,37,39-42,44-45,47-49,51,53-55,57,59-61,63,65-67,69,71-82H2,1-2H3/b8-6-,14-12-,20-18-,26-24-,32-30-,38-36-,46-43-,52-50-,58-56-,64-62-,70-68-. The summed E-state index contributed by atoms with van der Waals surface area (Å²) in [5.74, 6) is -0.623. The van der Waals surface area contributed by atoms with Gasteiger partial charge >= 0.3 is 11.9 Å². The summed E-state index contributed by atoms with van der Waals surface area (Å²) in [5.41, 5.74) is 0. The van der Waals surface area contributed by atoms with Crippen molar-refractivity contribution in [3.8, 4) is 0 Å². The Labute approximate surface area is 559 Å². The molecule has 0 aromatic heterocycles. The van der Waals surface area contributed by atoms with Crippen LogP contribution < -0.4 is 0 Å². The maximum atomic E-state index is 12.4. The molecule has 0 radical (unpaired) electrons. The van der Waals surface area contributed by atoms with Crippen LogP contribution in [0.3, 0.4) is 0 Å². The van der Waals surface area contributed by atoms with Gasteiger partial charge in [0.25, 0.3) is 0 Å². The third-order valence-electron chi connectivity index (χ3n) is 17.0. The Morgan fingerprint density at radius 2 is 0.478 bits per heavy atom. The highest BCUT2D eigenvalue weighted by Gasteiger charge is 2.16. The lowest BCUT2D eigenvalue weighted by Gasteiger charge is -2.15. The van der Waals surface area contributed by atoms with Crippen LogP contribution in [0, 0.1) is 0 Å². The molecule has 0 aromatic carbocycles. The number of aliphatic hydroxyl groups excluding tert-OH is 1. The van der Waals surface area contributed by atoms with Crippen LogP contribution in [0.1, 0.15) is 373 Å². The molecule has 0 aromatic rings. The van der Waals surface area contributed by atoms with Crippen LogP contribution in [0.25, 0.3) is 0 Å². The number of carbonyl (C=O) groups excluding carboxylic acids is 2. The first-order valence-corrected chi connectivity index (χ1v) is 38.7. The molecule has 0 saturated carbocycles. The van der Waals surface area contributed by atoms with E-state index in [1.165, 1.54) is 231 Å². The third-order valence-corrected chi connectivity index (χ3v) is 17.0. The van der Waals surface area contributed by atoms with Gasteiger partial charge in [-0.15, -0.1) is 0 Å². The Balaban J connectivity index is 3.51. The van der Waals surface area contributed by atoms with Gasteiger partial charge in [-0.05, 0) is 96.3 Å². The van der Waals surface area contributed by atoms with E-state index >= 15 is 0 Å². The molecule has 0 aliphatic heterocycles. The van der Waals surface area contributed by atoms with Crippen LogP contribution in [0.15, 0.2) is 134 Å². The Bertz CT molecular complexity index is 1800. The predicted octanol–water partition coefficient (Wildman–Crippen LogP) is 27.4. The number of rotatable bonds is 71. The normalized spacial score (nSPS) is 13.0. The molecule has 0 bridgehead atoms. The Morgan fingerprint density at radius 1 is 0.267 bits per heavy atom. The number of allylic oxidation sites excluding steroid dienone is 22. The van der Waals surface area contributed by atoms with Gasteiger partial charge < -0.3 is 14.6 Å². The monoisotopic (exact) mass is 1250 g/mol. The summed E-state index contributed by atoms with van der Waals surface area (Å²) in [4.78, 5) is 24.7. The molecular formula is C85H146O5. The summed E-state index contributed by atoms with van der Waals surface area (Å²) >= 11 is 0. The summed E-state index contributed by atoms with van der Waals surface area (Å²) in [6, 6.07) is 0. The van der Waals surface area contributed by atoms with Crippen molar-refractivity contribution in [3.63, 3.8) is 0 Å². The molecule has 0 fully saturated rings. The van der Waals surface area contributed by atoms with Crippen molar-refractivity contribution in [1.29, 1.82) is 0 Å². The van der Waals surface area contributed by atoms with Crippen LogP contribution in [-0.2, 0) is 19.1 Å². The lowest BCUT2D eigenvalue weighted by Crippen LogP contribution is -2.28. The van der Waals surface area contributed by atoms with Gasteiger partial charge in [0.15, 0.2) is 6.10 Å². The molecule has 0 rings (SSSR count). The van der Waals surface area contributed by atoms with Crippen LogP contribution in [-0.4, -0.2) is 36.4 Å². The summed E-state index contributed by atoms with van der Waals surface area (Å²) in [6.07, 6.45) is 118. The molecule has 1 unspecified atom stereocenters. The summed E-state index contributed by atoms with van der Waals surface area (Å²) < 4.78 is 10.7. The SMILES string of the molecule is CC/C=C\C/C=C\C/C=C\C/C=C\C/C=C\C/C=C\C/C=C\C/C=C\C/C=C\C/C=C\C/C=C\CCCCCC(=O)OC(CO)COC(=O)CCCCCCCCCCCCCCCCCCCCCCCCCCCCCCCCCCCCCCCCC. The average Bonchev–Trinajstić information content (AvgIpc) is 3.62. The number of ether oxygens (including phenoxy) is 2. The van der Waals surface area contributed by atoms with Gasteiger partial charge in [0.1, 0.15) is 6.61 Å². The molecular weight excluding hydrogens is 1100 g/mol. The van der Waals surface area contributed by atoms with Crippen molar-refractivity contribution < 1.29 is 24.2 Å². The Kier molecular flexibility index (Phi) is 75.8. The number of unbranched alkanes of at least 4 members (excludes halogenated alkanes) is 41. The fourth-order valence-electron chi connectivity index (χ4n) is 11.2. The molecule has 5 nitrogen and oxygen atoms in total. The van der Waals surface area contributed by atoms with Crippen LogP contribution in [0.2, 0.25) is 0 Å². The molecule has 1 N–H and O–H groups in total. The second kappa shape index (κ2) is 79.3. The minimum atomic E-state index is -0.800. The molecule has 516 valence electrons. The number of hydrogen-bond donors (Lipinski definition) is 1. The fourth-order valence-corrected chi connectivity index (χ4v) is 11.2. The summed E-state index contributed by atoms with van der Waals surface area (Å²) in [5, 5.41) is 9.71. The second-order valence-electron chi connectivity index (χ2n) is 25.7. The zero-order valence-corrected chi connectivity index (χ0v) is 59.4. The Hall–Kier alpha value is -3.96. The van der Waals surface area contributed by atoms with Crippen LogP contribution >= 0.6 is 0 Å². The highest BCUT2D eigenvalue weighted by Crippen LogP contribution is 2.19. The van der Waals surface area contributed by atoms with E-state index in [1.54, 1.807) is 0 Å². The molecule has 1 atom stereocenters. The van der Waals surface area contributed by atoms with E-state index in [1.807, 2.05) is 0 Å². The third kappa shape index (κ3) is 76.5. The second-order valence-corrected chi connectivity index (χ2v) is 25.7. The van der Waals surface area contributed by atoms with Crippen molar-refractivity contribution >= 4 is 11.9 Å². The summed E-state index contributed by atoms with van der Waals surface area (Å²) in [6.45, 7) is 4.04. The first-order chi connectivity index (χ1) is 44.6. The highest BCUT2D eigenvalue weighted by molar-refractivity contribution is 5.70. The lowest BCUT2D eigenvalue weighted by atomic mass is 10.0. The van der Waals surface area contributed by atoms with E-state index in [4.69, 9.17) is 9.47 Å². The first-order valence-electron chi connectivity index (χ1n) is 38.7. The Morgan fingerprint density at radius 3 is 0.722 bits per heavy atom. The summed E-state index contributed by atoms with van der Waals surface area (Å²) in [7, 11) is 0. The number of carbonyl (C=O) groups is 2. The van der Waals surface area contributed by atoms with E-state index in [0.29, 0.717) is 12.8 Å². The van der Waals surface area contributed by atoms with E-state index in [0.717, 1.165) is 116 Å². The van der Waals surface area contributed by atoms with E-state index in [2.05, 4.69) is 148 Å². The molecule has 0 aliphatic rings. The fraction of sp³-hybridized carbons (Fsp3) is 0.718. The molecule has 90 heavy (non-hydrogen) atoms. The number of hydrogen-bond acceptors (Lipinski definition) is 5. The minimum absolute atomic E-state index is 0.0839. The van der Waals surface area contributed by atoms with E-state index < -0.39 is 6.10 Å². The van der Waals surface area contributed by atoms with Crippen molar-refractivity contribution in [2.24, 2.45) is 0 Å². The molecule has 0 saturated heterocycles. The lowest BCUT2D eigenvalue weighted by molar-refractivity contribution is -0.161. The van der Waals surface area contributed by atoms with Crippen molar-refractivity contribution in [1.82, 2.24) is 0 Å². The number of aliphatic hydroxyl groups is 1. The average molecular weight is 1250 g/mol. The van der Waals surface area contributed by atoms with Crippen LogP contribution in [0.5, 0.6) is 0 Å². The minimum Gasteiger partial charge on any atom is -0.462 e.